The summed E-state index contributed by atoms with van der Waals surface area (Å²) in [5.41, 5.74) is 6.61. The van der Waals surface area contributed by atoms with E-state index in [9.17, 15) is 0 Å². The number of nitrogens with zero attached hydrogens (tertiary/aromatic N) is 1. The van der Waals surface area contributed by atoms with E-state index < -0.39 is 0 Å². The zero-order chi connectivity index (χ0) is 13.0. The Morgan fingerprint density at radius 1 is 1.44 bits per heavy atom. The minimum absolute atomic E-state index is 0.0647. The standard InChI is InChI=1S/C12H14ClN3OS/c13-9-4-2-1-3-8(9)11(15-5-6-17)10-7-16-12(14)18-10/h1-4,7,11,15,17H,5-6H2,(H2,14,16). The van der Waals surface area contributed by atoms with Crippen molar-refractivity contribution in [2.75, 3.05) is 18.9 Å². The molecule has 0 saturated heterocycles. The van der Waals surface area contributed by atoms with Crippen LogP contribution in [0.5, 0.6) is 0 Å². The van der Waals surface area contributed by atoms with Gasteiger partial charge < -0.3 is 16.2 Å². The van der Waals surface area contributed by atoms with Crippen LogP contribution in [0.2, 0.25) is 5.02 Å². The van der Waals surface area contributed by atoms with Crippen LogP contribution in [-0.2, 0) is 0 Å². The molecule has 6 heteroatoms. The van der Waals surface area contributed by atoms with E-state index in [2.05, 4.69) is 10.3 Å². The molecule has 1 aromatic carbocycles. The Morgan fingerprint density at radius 3 is 2.83 bits per heavy atom. The molecule has 1 atom stereocenters. The number of nitrogens with two attached hydrogens (primary N) is 1. The number of aromatic nitrogens is 1. The maximum atomic E-state index is 8.95. The van der Waals surface area contributed by atoms with Crippen LogP contribution in [-0.4, -0.2) is 23.2 Å². The van der Waals surface area contributed by atoms with Crippen molar-refractivity contribution in [3.8, 4) is 0 Å². The number of aliphatic hydroxyl groups is 1. The Hall–Kier alpha value is -1.14. The van der Waals surface area contributed by atoms with E-state index in [0.29, 0.717) is 16.7 Å². The van der Waals surface area contributed by atoms with Gasteiger partial charge in [0, 0.05) is 22.6 Å². The SMILES string of the molecule is Nc1ncc(C(NCCO)c2ccccc2Cl)s1. The van der Waals surface area contributed by atoms with Crippen LogP contribution in [0.15, 0.2) is 30.5 Å². The minimum Gasteiger partial charge on any atom is -0.395 e. The second kappa shape index (κ2) is 6.15. The molecule has 2 aromatic rings. The summed E-state index contributed by atoms with van der Waals surface area (Å²) >= 11 is 7.62. The summed E-state index contributed by atoms with van der Waals surface area (Å²) in [6, 6.07) is 7.51. The van der Waals surface area contributed by atoms with Gasteiger partial charge in [0.15, 0.2) is 5.13 Å². The van der Waals surface area contributed by atoms with Gasteiger partial charge in [-0.05, 0) is 11.6 Å². The van der Waals surface area contributed by atoms with Crippen LogP contribution < -0.4 is 11.1 Å². The lowest BCUT2D eigenvalue weighted by Crippen LogP contribution is -2.25. The Bertz CT molecular complexity index is 518. The molecule has 0 aliphatic carbocycles. The molecule has 4 N–H and O–H groups in total. The van der Waals surface area contributed by atoms with Crippen molar-refractivity contribution in [3.05, 3.63) is 45.9 Å². The molecule has 4 nitrogen and oxygen atoms in total. The fourth-order valence-corrected chi connectivity index (χ4v) is 2.74. The fourth-order valence-electron chi connectivity index (χ4n) is 1.72. The zero-order valence-corrected chi connectivity index (χ0v) is 11.2. The van der Waals surface area contributed by atoms with Crippen molar-refractivity contribution in [3.63, 3.8) is 0 Å². The van der Waals surface area contributed by atoms with E-state index >= 15 is 0 Å². The first-order chi connectivity index (χ1) is 8.72. The van der Waals surface area contributed by atoms with Crippen LogP contribution in [0.25, 0.3) is 0 Å². The number of rotatable bonds is 5. The lowest BCUT2D eigenvalue weighted by molar-refractivity contribution is 0.288. The topological polar surface area (TPSA) is 71.2 Å². The molecule has 0 spiro atoms. The summed E-state index contributed by atoms with van der Waals surface area (Å²) in [6.45, 7) is 0.545. The number of halogens is 1. The molecule has 0 amide bonds. The van der Waals surface area contributed by atoms with Gasteiger partial charge in [0.25, 0.3) is 0 Å². The maximum Gasteiger partial charge on any atom is 0.180 e. The van der Waals surface area contributed by atoms with Crippen LogP contribution in [0.1, 0.15) is 16.5 Å². The predicted octanol–water partition coefficient (Wildman–Crippen LogP) is 2.05. The number of hydrogen-bond acceptors (Lipinski definition) is 5. The molecule has 1 aromatic heterocycles. The van der Waals surface area contributed by atoms with Gasteiger partial charge in [-0.3, -0.25) is 0 Å². The third-order valence-electron chi connectivity index (χ3n) is 2.50. The first-order valence-corrected chi connectivity index (χ1v) is 6.71. The second-order valence-electron chi connectivity index (χ2n) is 3.73. The van der Waals surface area contributed by atoms with E-state index in [0.717, 1.165) is 10.4 Å². The van der Waals surface area contributed by atoms with Crippen molar-refractivity contribution in [1.82, 2.24) is 10.3 Å². The summed E-state index contributed by atoms with van der Waals surface area (Å²) in [7, 11) is 0. The molecular formula is C12H14ClN3OS. The third-order valence-corrected chi connectivity index (χ3v) is 3.74. The number of hydrogen-bond donors (Lipinski definition) is 3. The van der Waals surface area contributed by atoms with Gasteiger partial charge >= 0.3 is 0 Å². The number of aliphatic hydroxyl groups excluding tert-OH is 1. The predicted molar refractivity (Wildman–Crippen MR) is 74.9 cm³/mol. The van der Waals surface area contributed by atoms with Crippen LogP contribution in [0.4, 0.5) is 5.13 Å². The largest absolute Gasteiger partial charge is 0.395 e. The third kappa shape index (κ3) is 3.00. The smallest absolute Gasteiger partial charge is 0.180 e. The molecule has 2 rings (SSSR count). The fraction of sp³-hybridized carbons (Fsp3) is 0.250. The molecule has 0 radical (unpaired) electrons. The average molecular weight is 284 g/mol. The lowest BCUT2D eigenvalue weighted by atomic mass is 10.1. The van der Waals surface area contributed by atoms with Crippen LogP contribution in [0, 0.1) is 0 Å². The number of anilines is 1. The average Bonchev–Trinajstić information content (AvgIpc) is 2.78. The quantitative estimate of drug-likeness (QED) is 0.785. The Labute approximate surface area is 114 Å². The molecule has 1 unspecified atom stereocenters. The highest BCUT2D eigenvalue weighted by molar-refractivity contribution is 7.15. The number of benzene rings is 1. The monoisotopic (exact) mass is 283 g/mol. The molecule has 1 heterocycles. The van der Waals surface area contributed by atoms with E-state index in [-0.39, 0.29) is 12.6 Å². The lowest BCUT2D eigenvalue weighted by Gasteiger charge is -2.18. The molecule has 96 valence electrons. The van der Waals surface area contributed by atoms with E-state index in [1.165, 1.54) is 11.3 Å². The van der Waals surface area contributed by atoms with Crippen LogP contribution >= 0.6 is 22.9 Å². The van der Waals surface area contributed by atoms with Gasteiger partial charge in [0.05, 0.1) is 12.6 Å². The number of thiazole rings is 1. The van der Waals surface area contributed by atoms with E-state index in [1.807, 2.05) is 24.3 Å². The normalized spacial score (nSPS) is 12.6. The van der Waals surface area contributed by atoms with Crippen LogP contribution in [0.3, 0.4) is 0 Å². The Morgan fingerprint density at radius 2 is 2.22 bits per heavy atom. The highest BCUT2D eigenvalue weighted by Gasteiger charge is 2.18. The first-order valence-electron chi connectivity index (χ1n) is 5.52. The maximum absolute atomic E-state index is 8.95. The molecule has 0 bridgehead atoms. The summed E-state index contributed by atoms with van der Waals surface area (Å²) in [6.07, 6.45) is 1.73. The van der Waals surface area contributed by atoms with E-state index in [4.69, 9.17) is 22.4 Å². The van der Waals surface area contributed by atoms with Gasteiger partial charge in [-0.1, -0.05) is 29.8 Å². The van der Waals surface area contributed by atoms with Gasteiger partial charge in [0.2, 0.25) is 0 Å². The Kier molecular flexibility index (Phi) is 4.54. The Balaban J connectivity index is 2.33. The van der Waals surface area contributed by atoms with Gasteiger partial charge in [-0.2, -0.15) is 0 Å². The molecule has 18 heavy (non-hydrogen) atoms. The minimum atomic E-state index is -0.0966. The first kappa shape index (κ1) is 13.3. The van der Waals surface area contributed by atoms with E-state index in [1.54, 1.807) is 6.20 Å². The zero-order valence-electron chi connectivity index (χ0n) is 9.64. The number of nitrogens with one attached hydrogen (secondary N) is 1. The molecule has 0 aliphatic heterocycles. The van der Waals surface area contributed by atoms with Gasteiger partial charge in [0.1, 0.15) is 0 Å². The van der Waals surface area contributed by atoms with Crippen molar-refractivity contribution >= 4 is 28.1 Å². The van der Waals surface area contributed by atoms with Gasteiger partial charge in [-0.25, -0.2) is 4.98 Å². The summed E-state index contributed by atoms with van der Waals surface area (Å²) in [4.78, 5) is 5.03. The highest BCUT2D eigenvalue weighted by atomic mass is 35.5. The molecule has 0 fully saturated rings. The molecule has 0 aliphatic rings. The molecular weight excluding hydrogens is 270 g/mol. The van der Waals surface area contributed by atoms with Crippen molar-refractivity contribution in [1.29, 1.82) is 0 Å². The van der Waals surface area contributed by atoms with Crippen molar-refractivity contribution in [2.24, 2.45) is 0 Å². The highest BCUT2D eigenvalue weighted by Crippen LogP contribution is 2.31. The number of nitrogen functional groups attached to an aromatic ring is 1. The van der Waals surface area contributed by atoms with Gasteiger partial charge in [-0.15, -0.1) is 11.3 Å². The second-order valence-corrected chi connectivity index (χ2v) is 5.23. The summed E-state index contributed by atoms with van der Waals surface area (Å²) in [5, 5.41) is 13.4. The van der Waals surface area contributed by atoms with Crippen molar-refractivity contribution in [2.45, 2.75) is 6.04 Å². The summed E-state index contributed by atoms with van der Waals surface area (Å²) in [5.74, 6) is 0. The summed E-state index contributed by atoms with van der Waals surface area (Å²) < 4.78 is 0. The van der Waals surface area contributed by atoms with Crippen molar-refractivity contribution < 1.29 is 5.11 Å². The molecule has 0 saturated carbocycles.